The Morgan fingerprint density at radius 1 is 1.16 bits per heavy atom. The summed E-state index contributed by atoms with van der Waals surface area (Å²) >= 11 is 0. The summed E-state index contributed by atoms with van der Waals surface area (Å²) in [4.78, 5) is 24.7. The van der Waals surface area contributed by atoms with Crippen molar-refractivity contribution < 1.29 is 14.3 Å². The first-order valence-electron chi connectivity index (χ1n) is 7.97. The lowest BCUT2D eigenvalue weighted by Gasteiger charge is -2.24. The molecular weight excluding hydrogens is 318 g/mol. The van der Waals surface area contributed by atoms with E-state index in [0.717, 1.165) is 16.5 Å². The van der Waals surface area contributed by atoms with E-state index in [1.165, 1.54) is 7.11 Å². The highest BCUT2D eigenvalue weighted by molar-refractivity contribution is 5.98. The minimum atomic E-state index is -0.519. The number of hydrogen-bond donors (Lipinski definition) is 2. The zero-order valence-electron chi connectivity index (χ0n) is 14.0. The van der Waals surface area contributed by atoms with Gasteiger partial charge in [0.25, 0.3) is 5.91 Å². The van der Waals surface area contributed by atoms with Crippen molar-refractivity contribution >= 4 is 22.8 Å². The molecule has 6 nitrogen and oxygen atoms in total. The van der Waals surface area contributed by atoms with Gasteiger partial charge in [0, 0.05) is 10.9 Å². The first-order chi connectivity index (χ1) is 12.1. The third kappa shape index (κ3) is 3.52. The van der Waals surface area contributed by atoms with Crippen LogP contribution in [-0.2, 0) is 9.53 Å². The minimum Gasteiger partial charge on any atom is -0.469 e. The Kier molecular flexibility index (Phi) is 4.79. The van der Waals surface area contributed by atoms with Crippen LogP contribution in [0.1, 0.15) is 28.9 Å². The molecule has 0 saturated carbocycles. The number of nitrogens with one attached hydrogen (secondary N) is 2. The average molecular weight is 337 g/mol. The summed E-state index contributed by atoms with van der Waals surface area (Å²) in [6.07, 6.45) is 1.66. The molecule has 2 aromatic carbocycles. The number of methoxy groups -OCH3 is 1. The van der Waals surface area contributed by atoms with E-state index in [9.17, 15) is 9.59 Å². The standard InChI is InChI=1S/C19H19N3O3/c1-12(19(24)25-2)17(13-6-4-3-5-7-13)21-18(23)14-8-9-16-15(10-14)11-20-22-16/h3-12,17H,1-2H3,(H,20,22)(H,21,23)/t12-,17+/m0/s1. The van der Waals surface area contributed by atoms with Gasteiger partial charge in [0.2, 0.25) is 0 Å². The summed E-state index contributed by atoms with van der Waals surface area (Å²) < 4.78 is 4.85. The van der Waals surface area contributed by atoms with E-state index in [2.05, 4.69) is 15.5 Å². The van der Waals surface area contributed by atoms with Crippen LogP contribution >= 0.6 is 0 Å². The van der Waals surface area contributed by atoms with Crippen LogP contribution in [-0.4, -0.2) is 29.2 Å². The molecule has 1 amide bonds. The van der Waals surface area contributed by atoms with Crippen LogP contribution in [0.25, 0.3) is 10.9 Å². The molecule has 0 saturated heterocycles. The second-order valence-corrected chi connectivity index (χ2v) is 5.85. The molecule has 0 bridgehead atoms. The molecule has 0 aliphatic rings. The number of fused-ring (bicyclic) bond motifs is 1. The van der Waals surface area contributed by atoms with Crippen molar-refractivity contribution in [1.82, 2.24) is 15.5 Å². The largest absolute Gasteiger partial charge is 0.469 e. The van der Waals surface area contributed by atoms with Crippen molar-refractivity contribution in [1.29, 1.82) is 0 Å². The molecule has 0 unspecified atom stereocenters. The highest BCUT2D eigenvalue weighted by atomic mass is 16.5. The number of benzene rings is 2. The quantitative estimate of drug-likeness (QED) is 0.701. The molecule has 128 valence electrons. The molecule has 0 aliphatic heterocycles. The number of esters is 1. The molecule has 1 heterocycles. The first kappa shape index (κ1) is 16.7. The lowest BCUT2D eigenvalue weighted by molar-refractivity contribution is -0.145. The lowest BCUT2D eigenvalue weighted by atomic mass is 9.94. The van der Waals surface area contributed by atoms with Crippen molar-refractivity contribution in [3.63, 3.8) is 0 Å². The van der Waals surface area contributed by atoms with E-state index in [1.54, 1.807) is 31.3 Å². The van der Waals surface area contributed by atoms with E-state index < -0.39 is 12.0 Å². The fourth-order valence-corrected chi connectivity index (χ4v) is 2.79. The summed E-state index contributed by atoms with van der Waals surface area (Å²) in [6.45, 7) is 1.74. The second-order valence-electron chi connectivity index (χ2n) is 5.85. The predicted molar refractivity (Wildman–Crippen MR) is 93.9 cm³/mol. The number of aromatic amines is 1. The molecule has 6 heteroatoms. The summed E-state index contributed by atoms with van der Waals surface area (Å²) in [5.74, 6) is -1.15. The number of ether oxygens (including phenoxy) is 1. The van der Waals surface area contributed by atoms with Crippen LogP contribution < -0.4 is 5.32 Å². The van der Waals surface area contributed by atoms with Crippen LogP contribution in [0.5, 0.6) is 0 Å². The van der Waals surface area contributed by atoms with Gasteiger partial charge in [0.15, 0.2) is 0 Å². The van der Waals surface area contributed by atoms with Crippen LogP contribution in [0, 0.1) is 5.92 Å². The van der Waals surface area contributed by atoms with E-state index in [4.69, 9.17) is 4.74 Å². The molecule has 3 aromatic rings. The zero-order valence-corrected chi connectivity index (χ0v) is 14.0. The topological polar surface area (TPSA) is 84.1 Å². The summed E-state index contributed by atoms with van der Waals surface area (Å²) in [5.41, 5.74) is 2.21. The molecule has 2 atom stereocenters. The molecule has 0 spiro atoms. The maximum atomic E-state index is 12.7. The SMILES string of the molecule is COC(=O)[C@@H](C)[C@@H](NC(=O)c1ccc2[nH]ncc2c1)c1ccccc1. The summed E-state index contributed by atoms with van der Waals surface area (Å²) in [7, 11) is 1.34. The van der Waals surface area contributed by atoms with Gasteiger partial charge < -0.3 is 10.1 Å². The molecule has 3 rings (SSSR count). The fourth-order valence-electron chi connectivity index (χ4n) is 2.79. The third-order valence-corrected chi connectivity index (χ3v) is 4.22. The molecule has 0 aliphatic carbocycles. The van der Waals surface area contributed by atoms with Gasteiger partial charge in [-0.1, -0.05) is 30.3 Å². The van der Waals surface area contributed by atoms with E-state index in [-0.39, 0.29) is 11.9 Å². The Bertz CT molecular complexity index is 889. The van der Waals surface area contributed by atoms with Crippen LogP contribution in [0.2, 0.25) is 0 Å². The Morgan fingerprint density at radius 2 is 1.92 bits per heavy atom. The van der Waals surface area contributed by atoms with Gasteiger partial charge in [0.05, 0.1) is 30.8 Å². The first-order valence-corrected chi connectivity index (χ1v) is 7.97. The monoisotopic (exact) mass is 337 g/mol. The van der Waals surface area contributed by atoms with E-state index in [1.807, 2.05) is 30.3 Å². The van der Waals surface area contributed by atoms with E-state index >= 15 is 0 Å². The number of aromatic nitrogens is 2. The summed E-state index contributed by atoms with van der Waals surface area (Å²) in [5, 5.41) is 10.6. The highest BCUT2D eigenvalue weighted by Gasteiger charge is 2.28. The van der Waals surface area contributed by atoms with Crippen molar-refractivity contribution in [3.05, 3.63) is 65.9 Å². The van der Waals surface area contributed by atoms with E-state index in [0.29, 0.717) is 5.56 Å². The second kappa shape index (κ2) is 7.17. The number of carbonyl (C=O) groups is 2. The van der Waals surface area contributed by atoms with Crippen molar-refractivity contribution in [2.75, 3.05) is 7.11 Å². The Balaban J connectivity index is 1.88. The van der Waals surface area contributed by atoms with Crippen molar-refractivity contribution in [2.45, 2.75) is 13.0 Å². The predicted octanol–water partition coefficient (Wildman–Crippen LogP) is 2.84. The Hall–Kier alpha value is -3.15. The number of amides is 1. The van der Waals surface area contributed by atoms with Gasteiger partial charge in [-0.2, -0.15) is 5.10 Å². The molecular formula is C19H19N3O3. The molecule has 25 heavy (non-hydrogen) atoms. The fraction of sp³-hybridized carbons (Fsp3) is 0.211. The summed E-state index contributed by atoms with van der Waals surface area (Å²) in [6, 6.07) is 14.2. The smallest absolute Gasteiger partial charge is 0.310 e. The van der Waals surface area contributed by atoms with Crippen molar-refractivity contribution in [2.24, 2.45) is 5.92 Å². The number of hydrogen-bond acceptors (Lipinski definition) is 4. The normalized spacial score (nSPS) is 13.2. The highest BCUT2D eigenvalue weighted by Crippen LogP contribution is 2.24. The van der Waals surface area contributed by atoms with Crippen LogP contribution in [0.15, 0.2) is 54.7 Å². The minimum absolute atomic E-state index is 0.257. The van der Waals surface area contributed by atoms with Gasteiger partial charge in [-0.15, -0.1) is 0 Å². The third-order valence-electron chi connectivity index (χ3n) is 4.22. The average Bonchev–Trinajstić information content (AvgIpc) is 3.13. The van der Waals surface area contributed by atoms with Gasteiger partial charge >= 0.3 is 5.97 Å². The van der Waals surface area contributed by atoms with Crippen LogP contribution in [0.3, 0.4) is 0 Å². The van der Waals surface area contributed by atoms with Gasteiger partial charge in [-0.05, 0) is 30.7 Å². The molecule has 0 fully saturated rings. The van der Waals surface area contributed by atoms with Gasteiger partial charge in [-0.3, -0.25) is 14.7 Å². The Labute approximate surface area is 145 Å². The van der Waals surface area contributed by atoms with Gasteiger partial charge in [-0.25, -0.2) is 0 Å². The zero-order chi connectivity index (χ0) is 17.8. The van der Waals surface area contributed by atoms with Gasteiger partial charge in [0.1, 0.15) is 0 Å². The van der Waals surface area contributed by atoms with Crippen LogP contribution in [0.4, 0.5) is 0 Å². The number of carbonyl (C=O) groups excluding carboxylic acids is 2. The Morgan fingerprint density at radius 3 is 2.64 bits per heavy atom. The number of nitrogens with zero attached hydrogens (tertiary/aromatic N) is 1. The number of rotatable bonds is 5. The molecule has 2 N–H and O–H groups in total. The van der Waals surface area contributed by atoms with Crippen molar-refractivity contribution in [3.8, 4) is 0 Å². The molecule has 0 radical (unpaired) electrons. The number of H-pyrrole nitrogens is 1. The maximum Gasteiger partial charge on any atom is 0.310 e. The lowest BCUT2D eigenvalue weighted by Crippen LogP contribution is -2.36. The molecule has 1 aromatic heterocycles. The maximum absolute atomic E-state index is 12.7.